The van der Waals surface area contributed by atoms with Crippen LogP contribution >= 0.6 is 0 Å². The van der Waals surface area contributed by atoms with Gasteiger partial charge in [0.05, 0.1) is 11.2 Å². The first-order chi connectivity index (χ1) is 8.41. The second kappa shape index (κ2) is 5.87. The lowest BCUT2D eigenvalue weighted by atomic mass is 9.97. The normalized spacial score (nSPS) is 11.3. The molecule has 1 aromatic rings. The zero-order chi connectivity index (χ0) is 13.8. The second-order valence-electron chi connectivity index (χ2n) is 4.62. The molecule has 0 heterocycles. The number of anilines is 1. The standard InChI is InChI=1S/C14H21NO3/c1-4-14(18,5-2)9-15-12-7-6-11(13(16)17)8-10(12)3/h6-8,15,18H,4-5,9H2,1-3H3,(H,16,17). The van der Waals surface area contributed by atoms with Gasteiger partial charge >= 0.3 is 5.97 Å². The van der Waals surface area contributed by atoms with Gasteiger partial charge in [-0.25, -0.2) is 4.79 Å². The molecule has 1 rings (SSSR count). The molecule has 0 saturated heterocycles. The molecule has 4 heteroatoms. The van der Waals surface area contributed by atoms with E-state index in [1.165, 1.54) is 0 Å². The highest BCUT2D eigenvalue weighted by Crippen LogP contribution is 2.20. The van der Waals surface area contributed by atoms with Crippen LogP contribution < -0.4 is 5.32 Å². The van der Waals surface area contributed by atoms with Crippen molar-refractivity contribution in [2.45, 2.75) is 39.2 Å². The summed E-state index contributed by atoms with van der Waals surface area (Å²) < 4.78 is 0. The Bertz CT molecular complexity index is 425. The highest BCUT2D eigenvalue weighted by molar-refractivity contribution is 5.88. The number of rotatable bonds is 6. The van der Waals surface area contributed by atoms with Crippen LogP contribution in [0.15, 0.2) is 18.2 Å². The summed E-state index contributed by atoms with van der Waals surface area (Å²) in [5.41, 5.74) is 1.29. The summed E-state index contributed by atoms with van der Waals surface area (Å²) in [5, 5.41) is 22.2. The van der Waals surface area contributed by atoms with E-state index in [4.69, 9.17) is 5.11 Å². The topological polar surface area (TPSA) is 69.6 Å². The van der Waals surface area contributed by atoms with Gasteiger partial charge in [-0.3, -0.25) is 0 Å². The molecule has 0 aliphatic heterocycles. The molecule has 3 N–H and O–H groups in total. The van der Waals surface area contributed by atoms with Crippen LogP contribution in [0.1, 0.15) is 42.6 Å². The number of hydrogen-bond donors (Lipinski definition) is 3. The van der Waals surface area contributed by atoms with Gasteiger partial charge in [-0.2, -0.15) is 0 Å². The molecule has 0 bridgehead atoms. The molecule has 1 aromatic carbocycles. The van der Waals surface area contributed by atoms with E-state index in [1.54, 1.807) is 18.2 Å². The predicted molar refractivity (Wildman–Crippen MR) is 72.2 cm³/mol. The third kappa shape index (κ3) is 3.47. The van der Waals surface area contributed by atoms with Gasteiger partial charge < -0.3 is 15.5 Å². The maximum absolute atomic E-state index is 10.8. The Labute approximate surface area is 108 Å². The number of carbonyl (C=O) groups is 1. The fourth-order valence-electron chi connectivity index (χ4n) is 1.75. The molecule has 0 atom stereocenters. The summed E-state index contributed by atoms with van der Waals surface area (Å²) in [6.07, 6.45) is 1.37. The monoisotopic (exact) mass is 251 g/mol. The Kier molecular flexibility index (Phi) is 4.73. The van der Waals surface area contributed by atoms with Gasteiger partial charge in [-0.05, 0) is 43.5 Å². The number of aromatic carboxylic acids is 1. The number of carboxylic acids is 1. The maximum Gasteiger partial charge on any atom is 0.335 e. The van der Waals surface area contributed by atoms with Crippen LogP contribution in [0.4, 0.5) is 5.69 Å². The molecule has 4 nitrogen and oxygen atoms in total. The quantitative estimate of drug-likeness (QED) is 0.727. The molecule has 0 spiro atoms. The van der Waals surface area contributed by atoms with Crippen molar-refractivity contribution in [2.75, 3.05) is 11.9 Å². The summed E-state index contributed by atoms with van der Waals surface area (Å²) in [5.74, 6) is -0.928. The van der Waals surface area contributed by atoms with Crippen molar-refractivity contribution in [3.63, 3.8) is 0 Å². The number of aryl methyl sites for hydroxylation is 1. The molecule has 18 heavy (non-hydrogen) atoms. The largest absolute Gasteiger partial charge is 0.478 e. The van der Waals surface area contributed by atoms with Crippen molar-refractivity contribution < 1.29 is 15.0 Å². The molecule has 0 aliphatic carbocycles. The first kappa shape index (κ1) is 14.5. The molecule has 0 unspecified atom stereocenters. The van der Waals surface area contributed by atoms with Crippen LogP contribution in [0.25, 0.3) is 0 Å². The first-order valence-corrected chi connectivity index (χ1v) is 6.22. The minimum absolute atomic E-state index is 0.277. The lowest BCUT2D eigenvalue weighted by Gasteiger charge is -2.26. The highest BCUT2D eigenvalue weighted by Gasteiger charge is 2.21. The van der Waals surface area contributed by atoms with Gasteiger partial charge in [0.25, 0.3) is 0 Å². The van der Waals surface area contributed by atoms with Crippen LogP contribution in [-0.2, 0) is 0 Å². The summed E-state index contributed by atoms with van der Waals surface area (Å²) >= 11 is 0. The van der Waals surface area contributed by atoms with E-state index in [1.807, 2.05) is 20.8 Å². The minimum atomic E-state index is -0.928. The number of benzene rings is 1. The third-order valence-corrected chi connectivity index (χ3v) is 3.40. The van der Waals surface area contributed by atoms with Gasteiger partial charge in [0.2, 0.25) is 0 Å². The van der Waals surface area contributed by atoms with E-state index in [2.05, 4.69) is 5.32 Å². The van der Waals surface area contributed by atoms with Crippen molar-refractivity contribution in [3.05, 3.63) is 29.3 Å². The number of carboxylic acid groups (broad SMARTS) is 1. The molecule has 0 saturated carbocycles. The van der Waals surface area contributed by atoms with Crippen molar-refractivity contribution in [1.29, 1.82) is 0 Å². The van der Waals surface area contributed by atoms with Gasteiger partial charge in [-0.1, -0.05) is 13.8 Å². The van der Waals surface area contributed by atoms with Crippen molar-refractivity contribution in [3.8, 4) is 0 Å². The molecule has 0 amide bonds. The molecule has 0 radical (unpaired) electrons. The van der Waals surface area contributed by atoms with Gasteiger partial charge in [0.1, 0.15) is 0 Å². The number of nitrogens with one attached hydrogen (secondary N) is 1. The van der Waals surface area contributed by atoms with E-state index in [-0.39, 0.29) is 5.56 Å². The minimum Gasteiger partial charge on any atom is -0.478 e. The predicted octanol–water partition coefficient (Wildman–Crippen LogP) is 2.66. The average Bonchev–Trinajstić information content (AvgIpc) is 2.36. The van der Waals surface area contributed by atoms with E-state index in [9.17, 15) is 9.90 Å². The molecule has 0 aliphatic rings. The van der Waals surface area contributed by atoms with Gasteiger partial charge in [-0.15, -0.1) is 0 Å². The Hall–Kier alpha value is -1.55. The van der Waals surface area contributed by atoms with Crippen molar-refractivity contribution >= 4 is 11.7 Å². The van der Waals surface area contributed by atoms with E-state index >= 15 is 0 Å². The maximum atomic E-state index is 10.8. The van der Waals surface area contributed by atoms with Crippen LogP contribution in [0, 0.1) is 6.92 Å². The van der Waals surface area contributed by atoms with E-state index < -0.39 is 11.6 Å². The Morgan fingerprint density at radius 2 is 1.94 bits per heavy atom. The fourth-order valence-corrected chi connectivity index (χ4v) is 1.75. The van der Waals surface area contributed by atoms with Crippen LogP contribution in [-0.4, -0.2) is 28.3 Å². The van der Waals surface area contributed by atoms with Crippen LogP contribution in [0.3, 0.4) is 0 Å². The Morgan fingerprint density at radius 1 is 1.33 bits per heavy atom. The average molecular weight is 251 g/mol. The number of hydrogen-bond acceptors (Lipinski definition) is 3. The first-order valence-electron chi connectivity index (χ1n) is 6.22. The third-order valence-electron chi connectivity index (χ3n) is 3.40. The fraction of sp³-hybridized carbons (Fsp3) is 0.500. The highest BCUT2D eigenvalue weighted by atomic mass is 16.4. The van der Waals surface area contributed by atoms with Gasteiger partial charge in [0, 0.05) is 12.2 Å². The lowest BCUT2D eigenvalue weighted by Crippen LogP contribution is -2.35. The van der Waals surface area contributed by atoms with E-state index in [0.29, 0.717) is 19.4 Å². The lowest BCUT2D eigenvalue weighted by molar-refractivity contribution is 0.0457. The van der Waals surface area contributed by atoms with Crippen LogP contribution in [0.2, 0.25) is 0 Å². The molecule has 0 aromatic heterocycles. The zero-order valence-electron chi connectivity index (χ0n) is 11.2. The Balaban J connectivity index is 2.77. The number of aliphatic hydroxyl groups is 1. The summed E-state index contributed by atoms with van der Waals surface area (Å²) in [6.45, 7) is 6.22. The van der Waals surface area contributed by atoms with Gasteiger partial charge in [0.15, 0.2) is 0 Å². The second-order valence-corrected chi connectivity index (χ2v) is 4.62. The summed E-state index contributed by atoms with van der Waals surface area (Å²) in [6, 6.07) is 4.93. The molecular weight excluding hydrogens is 230 g/mol. The molecular formula is C14H21NO3. The van der Waals surface area contributed by atoms with Crippen LogP contribution in [0.5, 0.6) is 0 Å². The van der Waals surface area contributed by atoms with Crippen molar-refractivity contribution in [1.82, 2.24) is 0 Å². The zero-order valence-corrected chi connectivity index (χ0v) is 11.2. The molecule has 100 valence electrons. The summed E-state index contributed by atoms with van der Waals surface area (Å²) in [7, 11) is 0. The van der Waals surface area contributed by atoms with Crippen molar-refractivity contribution in [2.24, 2.45) is 0 Å². The molecule has 0 fully saturated rings. The summed E-state index contributed by atoms with van der Waals surface area (Å²) in [4.78, 5) is 10.8. The Morgan fingerprint density at radius 3 is 2.39 bits per heavy atom. The smallest absolute Gasteiger partial charge is 0.335 e. The SMILES string of the molecule is CCC(O)(CC)CNc1ccc(C(=O)O)cc1C. The van der Waals surface area contributed by atoms with E-state index in [0.717, 1.165) is 11.3 Å².